The molecule has 0 saturated carbocycles. The summed E-state index contributed by atoms with van der Waals surface area (Å²) in [6.45, 7) is 1.95. The van der Waals surface area contributed by atoms with Crippen molar-refractivity contribution in [2.24, 2.45) is 0 Å². The van der Waals surface area contributed by atoms with Crippen molar-refractivity contribution in [2.75, 3.05) is 0 Å². The predicted molar refractivity (Wildman–Crippen MR) is 67.0 cm³/mol. The molecule has 0 aliphatic carbocycles. The number of carboxylic acid groups (broad SMARTS) is 1. The monoisotopic (exact) mass is 262 g/mol. The third-order valence-corrected chi connectivity index (χ3v) is 2.19. The van der Waals surface area contributed by atoms with Crippen LogP contribution in [-0.2, 0) is 11.3 Å². The second kappa shape index (κ2) is 6.96. The van der Waals surface area contributed by atoms with Gasteiger partial charge in [-0.3, -0.25) is 9.97 Å². The molecule has 1 aromatic rings. The minimum atomic E-state index is -1.18. The molecule has 2 amide bonds. The largest absolute Gasteiger partial charge is 0.480 e. The predicted octanol–water partition coefficient (Wildman–Crippen LogP) is 0.0607. The molecule has 1 unspecified atom stereocenters. The molecule has 7 heteroatoms. The van der Waals surface area contributed by atoms with Gasteiger partial charge in [0.15, 0.2) is 0 Å². The van der Waals surface area contributed by atoms with Gasteiger partial charge in [-0.1, -0.05) is 0 Å². The lowest BCUT2D eigenvalue weighted by Gasteiger charge is -2.12. The lowest BCUT2D eigenvalue weighted by atomic mass is 10.2. The molecule has 0 aliphatic rings. The van der Waals surface area contributed by atoms with Gasteiger partial charge in [-0.25, -0.2) is 9.59 Å². The van der Waals surface area contributed by atoms with Gasteiger partial charge in [0.05, 0.1) is 24.1 Å². The summed E-state index contributed by atoms with van der Waals surface area (Å²) in [7, 11) is 0. The first-order chi connectivity index (χ1) is 9.02. The van der Waals surface area contributed by atoms with E-state index in [0.717, 1.165) is 5.69 Å². The first kappa shape index (κ1) is 14.4. The smallest absolute Gasteiger partial charge is 0.327 e. The Morgan fingerprint density at radius 1 is 1.47 bits per heavy atom. The van der Waals surface area contributed by atoms with Crippen molar-refractivity contribution >= 4 is 12.0 Å². The minimum Gasteiger partial charge on any atom is -0.480 e. The van der Waals surface area contributed by atoms with Gasteiger partial charge in [0.2, 0.25) is 0 Å². The number of urea groups is 1. The van der Waals surface area contributed by atoms with Crippen molar-refractivity contribution < 1.29 is 14.7 Å². The number of carbonyl (C=O) groups excluding carboxylic acids is 1. The van der Waals surface area contributed by atoms with E-state index in [9.17, 15) is 9.59 Å². The van der Waals surface area contributed by atoms with Crippen molar-refractivity contribution in [3.8, 4) is 12.3 Å². The number of nitrogens with zero attached hydrogens (tertiary/aromatic N) is 2. The summed E-state index contributed by atoms with van der Waals surface area (Å²) in [6.07, 6.45) is 8.05. The van der Waals surface area contributed by atoms with E-state index in [1.54, 1.807) is 13.1 Å². The number of terminal acetylenes is 1. The number of aliphatic carboxylic acids is 1. The van der Waals surface area contributed by atoms with Gasteiger partial charge in [0, 0.05) is 12.6 Å². The van der Waals surface area contributed by atoms with Gasteiger partial charge < -0.3 is 15.7 Å². The number of amides is 2. The highest BCUT2D eigenvalue weighted by atomic mass is 16.4. The highest BCUT2D eigenvalue weighted by Gasteiger charge is 2.18. The van der Waals surface area contributed by atoms with Crippen molar-refractivity contribution in [2.45, 2.75) is 25.9 Å². The van der Waals surface area contributed by atoms with Crippen LogP contribution in [0.25, 0.3) is 0 Å². The quantitative estimate of drug-likeness (QED) is 0.651. The molecule has 1 rings (SSSR count). The van der Waals surface area contributed by atoms with E-state index in [1.165, 1.54) is 6.20 Å². The standard InChI is InChI=1S/C12H14N4O3/c1-3-4-10(11(17)18)16-12(19)15-7-9-6-13-8(2)5-14-9/h1,5-6,10H,4,7H2,2H3,(H,17,18)(H2,15,16,19). The van der Waals surface area contributed by atoms with Crippen LogP contribution in [0.1, 0.15) is 17.8 Å². The third-order valence-electron chi connectivity index (χ3n) is 2.19. The maximum absolute atomic E-state index is 11.5. The van der Waals surface area contributed by atoms with Crippen LogP contribution in [0.3, 0.4) is 0 Å². The maximum Gasteiger partial charge on any atom is 0.327 e. The molecule has 0 fully saturated rings. The Morgan fingerprint density at radius 2 is 2.21 bits per heavy atom. The second-order valence-electron chi connectivity index (χ2n) is 3.78. The van der Waals surface area contributed by atoms with Gasteiger partial charge in [0.1, 0.15) is 6.04 Å². The van der Waals surface area contributed by atoms with Gasteiger partial charge in [-0.2, -0.15) is 0 Å². The Bertz CT molecular complexity index is 493. The van der Waals surface area contributed by atoms with Crippen molar-refractivity contribution in [3.63, 3.8) is 0 Å². The van der Waals surface area contributed by atoms with Crippen molar-refractivity contribution in [3.05, 3.63) is 23.8 Å². The fraction of sp³-hybridized carbons (Fsp3) is 0.333. The number of carbonyl (C=O) groups is 2. The number of hydrogen-bond acceptors (Lipinski definition) is 4. The average Bonchev–Trinajstić information content (AvgIpc) is 2.37. The molecule has 1 aromatic heterocycles. The molecule has 0 saturated heterocycles. The van der Waals surface area contributed by atoms with Gasteiger partial charge in [-0.05, 0) is 6.92 Å². The fourth-order valence-electron chi connectivity index (χ4n) is 1.21. The molecular formula is C12H14N4O3. The van der Waals surface area contributed by atoms with Gasteiger partial charge in [-0.15, -0.1) is 12.3 Å². The zero-order chi connectivity index (χ0) is 14.3. The molecule has 0 aliphatic heterocycles. The molecule has 0 bridgehead atoms. The summed E-state index contributed by atoms with van der Waals surface area (Å²) in [5.74, 6) is 1.01. The Morgan fingerprint density at radius 3 is 2.74 bits per heavy atom. The Kier molecular flexibility index (Phi) is 5.29. The molecule has 0 radical (unpaired) electrons. The molecule has 7 nitrogen and oxygen atoms in total. The van der Waals surface area contributed by atoms with E-state index in [2.05, 4.69) is 26.5 Å². The summed E-state index contributed by atoms with van der Waals surface area (Å²) >= 11 is 0. The summed E-state index contributed by atoms with van der Waals surface area (Å²) in [5, 5.41) is 13.5. The van der Waals surface area contributed by atoms with Crippen LogP contribution >= 0.6 is 0 Å². The topological polar surface area (TPSA) is 104 Å². The maximum atomic E-state index is 11.5. The summed E-state index contributed by atoms with van der Waals surface area (Å²) < 4.78 is 0. The average molecular weight is 262 g/mol. The van der Waals surface area contributed by atoms with Crippen LogP contribution in [0, 0.1) is 19.3 Å². The SMILES string of the molecule is C#CCC(NC(=O)NCc1cnc(C)cn1)C(=O)O. The number of rotatable bonds is 5. The van der Waals surface area contributed by atoms with Crippen LogP contribution in [0.5, 0.6) is 0 Å². The van der Waals surface area contributed by atoms with Crippen LogP contribution < -0.4 is 10.6 Å². The Balaban J connectivity index is 2.45. The van der Waals surface area contributed by atoms with Crippen molar-refractivity contribution in [1.82, 2.24) is 20.6 Å². The van der Waals surface area contributed by atoms with Gasteiger partial charge in [0.25, 0.3) is 0 Å². The summed E-state index contributed by atoms with van der Waals surface area (Å²) in [4.78, 5) is 30.3. The number of carboxylic acids is 1. The normalized spacial score (nSPS) is 11.2. The van der Waals surface area contributed by atoms with E-state index in [-0.39, 0.29) is 13.0 Å². The molecule has 1 heterocycles. The number of hydrogen-bond donors (Lipinski definition) is 3. The number of nitrogens with one attached hydrogen (secondary N) is 2. The molecule has 100 valence electrons. The molecule has 3 N–H and O–H groups in total. The number of aryl methyl sites for hydroxylation is 1. The van der Waals surface area contributed by atoms with E-state index >= 15 is 0 Å². The fourth-order valence-corrected chi connectivity index (χ4v) is 1.21. The van der Waals surface area contributed by atoms with Crippen LogP contribution in [0.15, 0.2) is 12.4 Å². The highest BCUT2D eigenvalue weighted by molar-refractivity contribution is 5.82. The van der Waals surface area contributed by atoms with Crippen LogP contribution in [0.2, 0.25) is 0 Å². The first-order valence-electron chi connectivity index (χ1n) is 5.51. The summed E-state index contributed by atoms with van der Waals surface area (Å²) in [6, 6.07) is -1.72. The lowest BCUT2D eigenvalue weighted by molar-refractivity contribution is -0.139. The van der Waals surface area contributed by atoms with Crippen LogP contribution in [-0.4, -0.2) is 33.1 Å². The second-order valence-corrected chi connectivity index (χ2v) is 3.78. The zero-order valence-corrected chi connectivity index (χ0v) is 10.4. The van der Waals surface area contributed by atoms with Gasteiger partial charge >= 0.3 is 12.0 Å². The third kappa shape index (κ3) is 5.04. The van der Waals surface area contributed by atoms with Crippen molar-refractivity contribution in [1.29, 1.82) is 0 Å². The molecule has 19 heavy (non-hydrogen) atoms. The molecule has 0 spiro atoms. The molecular weight excluding hydrogens is 248 g/mol. The van der Waals surface area contributed by atoms with E-state index < -0.39 is 18.0 Å². The Hall–Kier alpha value is -2.62. The zero-order valence-electron chi connectivity index (χ0n) is 10.4. The highest BCUT2D eigenvalue weighted by Crippen LogP contribution is 1.94. The van der Waals surface area contributed by atoms with E-state index in [4.69, 9.17) is 11.5 Å². The summed E-state index contributed by atoms with van der Waals surface area (Å²) in [5.41, 5.74) is 1.35. The Labute approximate surface area is 110 Å². The molecule has 0 aromatic carbocycles. The lowest BCUT2D eigenvalue weighted by Crippen LogP contribution is -2.45. The first-order valence-corrected chi connectivity index (χ1v) is 5.51. The minimum absolute atomic E-state index is 0.0763. The van der Waals surface area contributed by atoms with E-state index in [0.29, 0.717) is 5.69 Å². The van der Waals surface area contributed by atoms with E-state index in [1.807, 2.05) is 0 Å². The molecule has 1 atom stereocenters. The van der Waals surface area contributed by atoms with Crippen LogP contribution in [0.4, 0.5) is 4.79 Å². The number of aromatic nitrogens is 2.